The van der Waals surface area contributed by atoms with Crippen molar-refractivity contribution in [1.29, 1.82) is 0 Å². The van der Waals surface area contributed by atoms with Crippen molar-refractivity contribution in [3.63, 3.8) is 0 Å². The summed E-state index contributed by atoms with van der Waals surface area (Å²) in [5.74, 6) is 1.57. The monoisotopic (exact) mass is 402 g/mol. The predicted molar refractivity (Wildman–Crippen MR) is 117 cm³/mol. The number of amidine groups is 1. The van der Waals surface area contributed by atoms with Gasteiger partial charge in [0.05, 0.1) is 5.56 Å². The van der Waals surface area contributed by atoms with Gasteiger partial charge in [-0.25, -0.2) is 4.98 Å². The van der Waals surface area contributed by atoms with Crippen LogP contribution in [0.2, 0.25) is 0 Å². The fraction of sp³-hybridized carbons (Fsp3) is 0.0909. The predicted octanol–water partition coefficient (Wildman–Crippen LogP) is 3.27. The van der Waals surface area contributed by atoms with Crippen LogP contribution in [0.1, 0.15) is 10.4 Å². The van der Waals surface area contributed by atoms with Crippen LogP contribution in [-0.4, -0.2) is 35.8 Å². The molecular formula is C22H22N6O2. The van der Waals surface area contributed by atoms with Gasteiger partial charge in [0.1, 0.15) is 23.2 Å². The lowest BCUT2D eigenvalue weighted by Gasteiger charge is -2.18. The zero-order chi connectivity index (χ0) is 21.3. The summed E-state index contributed by atoms with van der Waals surface area (Å²) in [6.07, 6.45) is 4.77. The Hall–Kier alpha value is -4.20. The molecule has 0 radical (unpaired) electrons. The van der Waals surface area contributed by atoms with Crippen molar-refractivity contribution in [3.8, 4) is 11.6 Å². The van der Waals surface area contributed by atoms with Gasteiger partial charge in [0.15, 0.2) is 0 Å². The molecule has 3 N–H and O–H groups in total. The Morgan fingerprint density at radius 3 is 2.60 bits per heavy atom. The number of hydrogen-bond donors (Lipinski definition) is 2. The quantitative estimate of drug-likeness (QED) is 0.461. The highest BCUT2D eigenvalue weighted by Gasteiger charge is 2.15. The first-order valence-electron chi connectivity index (χ1n) is 9.19. The number of pyridine rings is 2. The second kappa shape index (κ2) is 9.83. The van der Waals surface area contributed by atoms with Crippen LogP contribution >= 0.6 is 0 Å². The van der Waals surface area contributed by atoms with E-state index in [-0.39, 0.29) is 17.3 Å². The molecule has 1 amide bonds. The van der Waals surface area contributed by atoms with Crippen LogP contribution in [0.4, 0.5) is 11.6 Å². The van der Waals surface area contributed by atoms with Gasteiger partial charge < -0.3 is 20.7 Å². The van der Waals surface area contributed by atoms with Crippen molar-refractivity contribution in [2.75, 3.05) is 19.0 Å². The lowest BCUT2D eigenvalue weighted by atomic mass is 10.2. The van der Waals surface area contributed by atoms with E-state index in [1.807, 2.05) is 36.4 Å². The summed E-state index contributed by atoms with van der Waals surface area (Å²) >= 11 is 0. The molecule has 0 saturated heterocycles. The number of amides is 1. The van der Waals surface area contributed by atoms with E-state index in [1.54, 1.807) is 49.6 Å². The number of para-hydroxylation sites is 1. The summed E-state index contributed by atoms with van der Waals surface area (Å²) in [7, 11) is 3.53. The molecule has 0 aliphatic rings. The first-order valence-corrected chi connectivity index (χ1v) is 9.19. The second-order valence-electron chi connectivity index (χ2n) is 6.18. The molecular weight excluding hydrogens is 380 g/mol. The molecule has 8 nitrogen and oxygen atoms in total. The molecule has 8 heteroatoms. The van der Waals surface area contributed by atoms with Gasteiger partial charge in [-0.2, -0.15) is 9.98 Å². The van der Waals surface area contributed by atoms with Gasteiger partial charge in [-0.3, -0.25) is 4.79 Å². The van der Waals surface area contributed by atoms with Crippen LogP contribution in [0.3, 0.4) is 0 Å². The molecule has 0 aliphatic carbocycles. The van der Waals surface area contributed by atoms with E-state index in [0.29, 0.717) is 17.4 Å². The Balaban J connectivity index is 1.99. The average Bonchev–Trinajstić information content (AvgIpc) is 2.78. The van der Waals surface area contributed by atoms with Crippen molar-refractivity contribution < 1.29 is 9.53 Å². The number of carbonyl (C=O) groups excluding carboxylic acids is 1. The van der Waals surface area contributed by atoms with Crippen LogP contribution in [0, 0.1) is 0 Å². The maximum Gasteiger partial charge on any atom is 0.279 e. The number of rotatable bonds is 7. The van der Waals surface area contributed by atoms with E-state index in [9.17, 15) is 4.79 Å². The minimum absolute atomic E-state index is 0.0799. The van der Waals surface area contributed by atoms with Crippen LogP contribution in [0.15, 0.2) is 84.1 Å². The molecule has 0 aliphatic heterocycles. The molecule has 0 unspecified atom stereocenters. The maximum absolute atomic E-state index is 12.7. The molecule has 0 fully saturated rings. The minimum atomic E-state index is -0.510. The SMILES string of the molecule is CN/C=C\C(N)=NC(=O)c1cc(Oc2ccccc2)nc(N(C)c2ccccn2)c1. The Morgan fingerprint density at radius 1 is 1.13 bits per heavy atom. The summed E-state index contributed by atoms with van der Waals surface area (Å²) in [6.45, 7) is 0. The number of hydrogen-bond acceptors (Lipinski definition) is 6. The molecule has 1 aromatic carbocycles. The van der Waals surface area contributed by atoms with E-state index in [0.717, 1.165) is 0 Å². The maximum atomic E-state index is 12.7. The molecule has 2 heterocycles. The molecule has 2 aromatic heterocycles. The van der Waals surface area contributed by atoms with Crippen LogP contribution in [-0.2, 0) is 0 Å². The summed E-state index contributed by atoms with van der Waals surface area (Å²) in [6, 6.07) is 17.9. The van der Waals surface area contributed by atoms with E-state index < -0.39 is 5.91 Å². The molecule has 152 valence electrons. The number of carbonyl (C=O) groups is 1. The largest absolute Gasteiger partial charge is 0.439 e. The van der Waals surface area contributed by atoms with Crippen molar-refractivity contribution in [2.45, 2.75) is 0 Å². The molecule has 0 spiro atoms. The van der Waals surface area contributed by atoms with Gasteiger partial charge in [-0.1, -0.05) is 24.3 Å². The van der Waals surface area contributed by atoms with Gasteiger partial charge >= 0.3 is 0 Å². The number of nitrogens with one attached hydrogen (secondary N) is 1. The van der Waals surface area contributed by atoms with Gasteiger partial charge in [-0.15, -0.1) is 0 Å². The zero-order valence-electron chi connectivity index (χ0n) is 16.7. The van der Waals surface area contributed by atoms with Gasteiger partial charge in [0.2, 0.25) is 5.88 Å². The second-order valence-corrected chi connectivity index (χ2v) is 6.18. The highest BCUT2D eigenvalue weighted by Crippen LogP contribution is 2.27. The van der Waals surface area contributed by atoms with Crippen molar-refractivity contribution in [3.05, 3.63) is 84.7 Å². The van der Waals surface area contributed by atoms with Gasteiger partial charge in [-0.05, 0) is 42.6 Å². The van der Waals surface area contributed by atoms with E-state index in [2.05, 4.69) is 20.3 Å². The first-order chi connectivity index (χ1) is 14.6. The number of anilines is 2. The van der Waals surface area contributed by atoms with Crippen LogP contribution in [0.5, 0.6) is 11.6 Å². The highest BCUT2D eigenvalue weighted by atomic mass is 16.5. The Morgan fingerprint density at radius 2 is 1.90 bits per heavy atom. The molecule has 0 saturated carbocycles. The number of aromatic nitrogens is 2. The summed E-state index contributed by atoms with van der Waals surface area (Å²) in [5.41, 5.74) is 6.07. The third kappa shape index (κ3) is 5.41. The van der Waals surface area contributed by atoms with E-state index in [1.165, 1.54) is 12.1 Å². The highest BCUT2D eigenvalue weighted by molar-refractivity contribution is 6.06. The molecule has 3 rings (SSSR count). The third-order valence-electron chi connectivity index (χ3n) is 3.99. The van der Waals surface area contributed by atoms with Gasteiger partial charge in [0, 0.05) is 26.4 Å². The van der Waals surface area contributed by atoms with Crippen LogP contribution < -0.4 is 20.7 Å². The minimum Gasteiger partial charge on any atom is -0.439 e. The molecule has 3 aromatic rings. The number of aliphatic imine (C=N–C) groups is 1. The zero-order valence-corrected chi connectivity index (χ0v) is 16.7. The smallest absolute Gasteiger partial charge is 0.279 e. The first kappa shape index (κ1) is 20.5. The number of ether oxygens (including phenoxy) is 1. The average molecular weight is 402 g/mol. The normalized spacial score (nSPS) is 11.3. The number of nitrogens with two attached hydrogens (primary N) is 1. The molecule has 0 bridgehead atoms. The topological polar surface area (TPSA) is 106 Å². The van der Waals surface area contributed by atoms with Crippen molar-refractivity contribution in [2.24, 2.45) is 10.7 Å². The fourth-order valence-electron chi connectivity index (χ4n) is 2.51. The van der Waals surface area contributed by atoms with E-state index in [4.69, 9.17) is 10.5 Å². The molecule has 0 atom stereocenters. The summed E-state index contributed by atoms with van der Waals surface area (Å²) in [5, 5.41) is 2.79. The van der Waals surface area contributed by atoms with Crippen molar-refractivity contribution >= 4 is 23.4 Å². The van der Waals surface area contributed by atoms with Crippen molar-refractivity contribution in [1.82, 2.24) is 15.3 Å². The third-order valence-corrected chi connectivity index (χ3v) is 3.99. The Bertz CT molecular complexity index is 1050. The summed E-state index contributed by atoms with van der Waals surface area (Å²) in [4.78, 5) is 27.2. The summed E-state index contributed by atoms with van der Waals surface area (Å²) < 4.78 is 5.85. The Kier molecular flexibility index (Phi) is 6.73. The Labute approximate surface area is 174 Å². The fourth-order valence-corrected chi connectivity index (χ4v) is 2.51. The lowest BCUT2D eigenvalue weighted by Crippen LogP contribution is -2.15. The van der Waals surface area contributed by atoms with Crippen LogP contribution in [0.25, 0.3) is 0 Å². The number of nitrogens with zero attached hydrogens (tertiary/aromatic N) is 4. The van der Waals surface area contributed by atoms with Gasteiger partial charge in [0.25, 0.3) is 5.91 Å². The molecule has 30 heavy (non-hydrogen) atoms. The lowest BCUT2D eigenvalue weighted by molar-refractivity contribution is 0.100. The standard InChI is InChI=1S/C22H22N6O2/c1-24-13-11-18(23)26-22(29)16-14-20(28(2)19-10-6-7-12-25-19)27-21(15-16)30-17-8-4-3-5-9-17/h3-15,24H,1-2H3,(H2,23,26,29)/b13-11-. The van der Waals surface area contributed by atoms with E-state index >= 15 is 0 Å². The number of benzene rings is 1.